The fourth-order valence-electron chi connectivity index (χ4n) is 5.67. The minimum atomic E-state index is -2.72. The van der Waals surface area contributed by atoms with Crippen molar-refractivity contribution >= 4 is 29.5 Å². The Morgan fingerprint density at radius 3 is 2.44 bits per heavy atom. The number of hydrogen-bond donors (Lipinski definition) is 3. The first-order valence-electron chi connectivity index (χ1n) is 13.5. The number of hydrogen-bond acceptors (Lipinski definition) is 5. The summed E-state index contributed by atoms with van der Waals surface area (Å²) in [7, 11) is 0. The smallest absolute Gasteiger partial charge is 0.408 e. The number of alkyl carbamates (subject to hydrolysis) is 1. The molecule has 1 aromatic rings. The van der Waals surface area contributed by atoms with Crippen molar-refractivity contribution in [2.24, 2.45) is 11.8 Å². The van der Waals surface area contributed by atoms with Gasteiger partial charge in [-0.05, 0) is 82.4 Å². The van der Waals surface area contributed by atoms with Gasteiger partial charge < -0.3 is 20.7 Å². The van der Waals surface area contributed by atoms with Crippen molar-refractivity contribution in [1.82, 2.24) is 16.0 Å². The fraction of sp³-hybridized carbons (Fsp3) is 0.643. The summed E-state index contributed by atoms with van der Waals surface area (Å²) in [6.07, 6.45) is 1.08. The Balaban J connectivity index is 1.42. The quantitative estimate of drug-likeness (QED) is 0.392. The number of carbonyl (C=O) groups excluding carboxylic acids is 3. The maximum Gasteiger partial charge on any atom is 0.408 e. The zero-order valence-corrected chi connectivity index (χ0v) is 23.0. The van der Waals surface area contributed by atoms with E-state index in [1.165, 1.54) is 0 Å². The lowest BCUT2D eigenvalue weighted by Gasteiger charge is -2.31. The van der Waals surface area contributed by atoms with Crippen LogP contribution in [0.25, 0.3) is 0 Å². The number of ether oxygens (including phenoxy) is 1. The number of nitriles is 1. The first-order chi connectivity index (χ1) is 18.3. The van der Waals surface area contributed by atoms with E-state index in [4.69, 9.17) is 16.3 Å². The number of alkyl halides is 2. The lowest BCUT2D eigenvalue weighted by Crippen LogP contribution is -2.51. The number of carbonyl (C=O) groups is 3. The molecule has 0 bridgehead atoms. The van der Waals surface area contributed by atoms with Crippen molar-refractivity contribution in [3.05, 3.63) is 34.9 Å². The van der Waals surface area contributed by atoms with Gasteiger partial charge in [0.15, 0.2) is 0 Å². The summed E-state index contributed by atoms with van der Waals surface area (Å²) in [5.41, 5.74) is -0.478. The van der Waals surface area contributed by atoms with Gasteiger partial charge in [0, 0.05) is 29.3 Å². The predicted octanol–water partition coefficient (Wildman–Crippen LogP) is 4.95. The molecule has 2 saturated carbocycles. The predicted molar refractivity (Wildman–Crippen MR) is 140 cm³/mol. The van der Waals surface area contributed by atoms with Gasteiger partial charge in [0.1, 0.15) is 17.7 Å². The van der Waals surface area contributed by atoms with Gasteiger partial charge in [-0.3, -0.25) is 9.59 Å². The van der Waals surface area contributed by atoms with E-state index < -0.39 is 47.1 Å². The average Bonchev–Trinajstić information content (AvgIpc) is 3.58. The zero-order chi connectivity index (χ0) is 28.4. The summed E-state index contributed by atoms with van der Waals surface area (Å²) in [5.74, 6) is -4.15. The molecule has 3 N–H and O–H groups in total. The summed E-state index contributed by atoms with van der Waals surface area (Å²) in [6, 6.07) is 7.02. The Kier molecular flexibility index (Phi) is 8.41. The number of nitrogens with zero attached hydrogens (tertiary/aromatic N) is 1. The standard InChI is InChI=1S/C28H35ClF2N4O4/c1-26(2)15-18(23(36)35-26)13-21(16-32)33-24(37)22(12-17-6-8-28(30,31)9-7-17)34-25(38)39-27(10-11-27)19-4-3-5-20(29)14-19/h3-5,14,17-18,21-22H,6-13,15H2,1-2H3,(H,33,37)(H,34,38)(H,35,36)/t18-,21+,22+/m1/s1. The lowest BCUT2D eigenvalue weighted by molar-refractivity contribution is -0.126. The minimum Gasteiger partial charge on any atom is -0.438 e. The van der Waals surface area contributed by atoms with Gasteiger partial charge in [-0.2, -0.15) is 5.26 Å². The molecule has 39 heavy (non-hydrogen) atoms. The van der Waals surface area contributed by atoms with Gasteiger partial charge in [0.05, 0.1) is 6.07 Å². The SMILES string of the molecule is CC1(C)C[C@@H](C[C@@H](C#N)NC(=O)[C@H](CC2CCC(F)(F)CC2)NC(=O)OC2(c3cccc(Cl)c3)CC2)C(=O)N1. The number of benzene rings is 1. The van der Waals surface area contributed by atoms with Gasteiger partial charge in [-0.15, -0.1) is 0 Å². The van der Waals surface area contributed by atoms with E-state index in [1.807, 2.05) is 26.0 Å². The third kappa shape index (κ3) is 7.59. The molecule has 0 radical (unpaired) electrons. The van der Waals surface area contributed by atoms with Crippen LogP contribution in [0.2, 0.25) is 5.02 Å². The second kappa shape index (κ2) is 11.3. The molecule has 4 rings (SSSR count). The van der Waals surface area contributed by atoms with Crippen LogP contribution in [-0.2, 0) is 19.9 Å². The van der Waals surface area contributed by atoms with Crippen molar-refractivity contribution in [2.75, 3.05) is 0 Å². The van der Waals surface area contributed by atoms with Crippen LogP contribution in [0.1, 0.15) is 77.2 Å². The Labute approximate surface area is 232 Å². The zero-order valence-electron chi connectivity index (χ0n) is 22.2. The highest BCUT2D eigenvalue weighted by molar-refractivity contribution is 6.30. The van der Waals surface area contributed by atoms with Gasteiger partial charge in [-0.1, -0.05) is 23.7 Å². The molecular formula is C28H35ClF2N4O4. The molecule has 212 valence electrons. The van der Waals surface area contributed by atoms with Gasteiger partial charge >= 0.3 is 6.09 Å². The monoisotopic (exact) mass is 564 g/mol. The molecule has 3 amide bonds. The topological polar surface area (TPSA) is 120 Å². The van der Waals surface area contributed by atoms with Crippen LogP contribution in [0.5, 0.6) is 0 Å². The summed E-state index contributed by atoms with van der Waals surface area (Å²) >= 11 is 6.10. The van der Waals surface area contributed by atoms with E-state index in [9.17, 15) is 28.4 Å². The summed E-state index contributed by atoms with van der Waals surface area (Å²) in [4.78, 5) is 38.6. The van der Waals surface area contributed by atoms with Crippen LogP contribution < -0.4 is 16.0 Å². The Hall–Kier alpha value is -2.93. The van der Waals surface area contributed by atoms with Crippen LogP contribution in [0.15, 0.2) is 24.3 Å². The highest BCUT2D eigenvalue weighted by atomic mass is 35.5. The van der Waals surface area contributed by atoms with E-state index in [0.29, 0.717) is 24.3 Å². The van der Waals surface area contributed by atoms with Crippen molar-refractivity contribution < 1.29 is 27.9 Å². The van der Waals surface area contributed by atoms with E-state index in [0.717, 1.165) is 5.56 Å². The molecule has 1 saturated heterocycles. The van der Waals surface area contributed by atoms with Crippen LogP contribution in [0.3, 0.4) is 0 Å². The Morgan fingerprint density at radius 2 is 1.87 bits per heavy atom. The summed E-state index contributed by atoms with van der Waals surface area (Å²) in [6.45, 7) is 3.78. The molecule has 2 aliphatic carbocycles. The largest absolute Gasteiger partial charge is 0.438 e. The van der Waals surface area contributed by atoms with Gasteiger partial charge in [0.25, 0.3) is 0 Å². The maximum absolute atomic E-state index is 13.7. The molecule has 11 heteroatoms. The van der Waals surface area contributed by atoms with Crippen LogP contribution in [0, 0.1) is 23.2 Å². The molecular weight excluding hydrogens is 530 g/mol. The van der Waals surface area contributed by atoms with E-state index >= 15 is 0 Å². The number of rotatable bonds is 9. The molecule has 3 fully saturated rings. The van der Waals surface area contributed by atoms with Crippen LogP contribution >= 0.6 is 11.6 Å². The van der Waals surface area contributed by atoms with E-state index in [-0.39, 0.29) is 50.4 Å². The first kappa shape index (κ1) is 29.1. The third-order valence-corrected chi connectivity index (χ3v) is 8.17. The molecule has 3 aliphatic rings. The second-order valence-corrected chi connectivity index (χ2v) is 12.3. The Morgan fingerprint density at radius 1 is 1.18 bits per heavy atom. The summed E-state index contributed by atoms with van der Waals surface area (Å²) in [5, 5.41) is 18.4. The number of amides is 3. The molecule has 1 aromatic carbocycles. The molecule has 1 heterocycles. The van der Waals surface area contributed by atoms with Crippen molar-refractivity contribution in [3.63, 3.8) is 0 Å². The highest BCUT2D eigenvalue weighted by Gasteiger charge is 2.49. The van der Waals surface area contributed by atoms with Gasteiger partial charge in [-0.25, -0.2) is 13.6 Å². The maximum atomic E-state index is 13.7. The van der Waals surface area contributed by atoms with E-state index in [2.05, 4.69) is 16.0 Å². The minimum absolute atomic E-state index is 0.127. The molecule has 0 unspecified atom stereocenters. The van der Waals surface area contributed by atoms with E-state index in [1.54, 1.807) is 18.2 Å². The van der Waals surface area contributed by atoms with Crippen molar-refractivity contribution in [2.45, 2.75) is 101 Å². The molecule has 8 nitrogen and oxygen atoms in total. The highest BCUT2D eigenvalue weighted by Crippen LogP contribution is 2.49. The number of halogens is 3. The lowest BCUT2D eigenvalue weighted by atomic mass is 9.82. The fourth-order valence-corrected chi connectivity index (χ4v) is 5.86. The van der Waals surface area contributed by atoms with Crippen molar-refractivity contribution in [3.8, 4) is 6.07 Å². The van der Waals surface area contributed by atoms with Crippen LogP contribution in [-0.4, -0.2) is 41.5 Å². The van der Waals surface area contributed by atoms with Gasteiger partial charge in [0.2, 0.25) is 17.7 Å². The summed E-state index contributed by atoms with van der Waals surface area (Å²) < 4.78 is 33.2. The molecule has 3 atom stereocenters. The van der Waals surface area contributed by atoms with Crippen LogP contribution in [0.4, 0.5) is 13.6 Å². The first-order valence-corrected chi connectivity index (χ1v) is 13.8. The second-order valence-electron chi connectivity index (χ2n) is 11.8. The molecule has 0 aromatic heterocycles. The van der Waals surface area contributed by atoms with Crippen molar-refractivity contribution in [1.29, 1.82) is 5.26 Å². The average molecular weight is 565 g/mol. The molecule has 0 spiro atoms. The molecule has 1 aliphatic heterocycles. The number of nitrogens with one attached hydrogen (secondary N) is 3. The third-order valence-electron chi connectivity index (χ3n) is 7.94. The Bertz CT molecular complexity index is 1140. The normalized spacial score (nSPS) is 24.5.